The van der Waals surface area contributed by atoms with Gasteiger partial charge in [0.25, 0.3) is 0 Å². The van der Waals surface area contributed by atoms with Gasteiger partial charge in [-0.2, -0.15) is 0 Å². The molecule has 4 heteroatoms. The summed E-state index contributed by atoms with van der Waals surface area (Å²) < 4.78 is 5.29. The Labute approximate surface area is 116 Å². The standard InChI is InChI=1S/C14H13ClO2S/c1-17-14-6-5-11(15)7-10(14)9-18-13-4-2-3-12(16)8-13/h2-8,16H,9H2,1H3. The molecule has 0 atom stereocenters. The Hall–Kier alpha value is -1.32. The van der Waals surface area contributed by atoms with Gasteiger partial charge in [-0.15, -0.1) is 11.8 Å². The summed E-state index contributed by atoms with van der Waals surface area (Å²) in [4.78, 5) is 1.01. The molecule has 0 aliphatic rings. The molecule has 0 saturated heterocycles. The van der Waals surface area contributed by atoms with E-state index in [1.807, 2.05) is 30.3 Å². The Bertz CT molecular complexity index is 543. The first-order chi connectivity index (χ1) is 8.69. The molecular weight excluding hydrogens is 268 g/mol. The van der Waals surface area contributed by atoms with Gasteiger partial charge in [-0.1, -0.05) is 17.7 Å². The molecule has 2 nitrogen and oxygen atoms in total. The minimum absolute atomic E-state index is 0.276. The molecule has 0 saturated carbocycles. The van der Waals surface area contributed by atoms with Crippen molar-refractivity contribution in [3.8, 4) is 11.5 Å². The maximum Gasteiger partial charge on any atom is 0.123 e. The largest absolute Gasteiger partial charge is 0.508 e. The molecule has 94 valence electrons. The molecular formula is C14H13ClO2S. The van der Waals surface area contributed by atoms with E-state index in [2.05, 4.69) is 0 Å². The average Bonchev–Trinajstić information content (AvgIpc) is 2.37. The molecule has 0 unspecified atom stereocenters. The molecule has 2 aromatic carbocycles. The van der Waals surface area contributed by atoms with E-state index in [1.165, 1.54) is 0 Å². The summed E-state index contributed by atoms with van der Waals surface area (Å²) in [5, 5.41) is 10.1. The first-order valence-electron chi connectivity index (χ1n) is 5.43. The zero-order valence-corrected chi connectivity index (χ0v) is 11.5. The minimum Gasteiger partial charge on any atom is -0.508 e. The van der Waals surface area contributed by atoms with Gasteiger partial charge in [-0.3, -0.25) is 0 Å². The lowest BCUT2D eigenvalue weighted by molar-refractivity contribution is 0.411. The number of ether oxygens (including phenoxy) is 1. The van der Waals surface area contributed by atoms with Crippen LogP contribution in [0, 0.1) is 0 Å². The SMILES string of the molecule is COc1ccc(Cl)cc1CSc1cccc(O)c1. The Morgan fingerprint density at radius 2 is 2.06 bits per heavy atom. The van der Waals surface area contributed by atoms with Crippen LogP contribution < -0.4 is 4.74 Å². The molecule has 0 fully saturated rings. The van der Waals surface area contributed by atoms with Gasteiger partial charge in [0.1, 0.15) is 11.5 Å². The number of thioether (sulfide) groups is 1. The highest BCUT2D eigenvalue weighted by molar-refractivity contribution is 7.98. The van der Waals surface area contributed by atoms with Gasteiger partial charge in [-0.05, 0) is 36.4 Å². The molecule has 0 aliphatic heterocycles. The highest BCUT2D eigenvalue weighted by Gasteiger charge is 2.05. The highest BCUT2D eigenvalue weighted by atomic mass is 35.5. The van der Waals surface area contributed by atoms with E-state index in [4.69, 9.17) is 16.3 Å². The lowest BCUT2D eigenvalue weighted by Gasteiger charge is -2.08. The fourth-order valence-electron chi connectivity index (χ4n) is 1.59. The molecule has 0 bridgehead atoms. The van der Waals surface area contributed by atoms with Gasteiger partial charge in [0.05, 0.1) is 7.11 Å². The monoisotopic (exact) mass is 280 g/mol. The van der Waals surface area contributed by atoms with Crippen LogP contribution in [0.4, 0.5) is 0 Å². The Morgan fingerprint density at radius 3 is 2.78 bits per heavy atom. The first-order valence-corrected chi connectivity index (χ1v) is 6.79. The topological polar surface area (TPSA) is 29.5 Å². The lowest BCUT2D eigenvalue weighted by atomic mass is 10.2. The number of rotatable bonds is 4. The molecule has 2 rings (SSSR count). The summed E-state index contributed by atoms with van der Waals surface area (Å²) in [7, 11) is 1.64. The lowest BCUT2D eigenvalue weighted by Crippen LogP contribution is -1.90. The molecule has 2 aromatic rings. The Morgan fingerprint density at radius 1 is 1.22 bits per heavy atom. The van der Waals surface area contributed by atoms with Crippen molar-refractivity contribution in [1.82, 2.24) is 0 Å². The Kier molecular flexibility index (Phi) is 4.39. The number of phenols is 1. The normalized spacial score (nSPS) is 10.3. The van der Waals surface area contributed by atoms with Crippen LogP contribution in [0.3, 0.4) is 0 Å². The van der Waals surface area contributed by atoms with Crippen LogP contribution >= 0.6 is 23.4 Å². The van der Waals surface area contributed by atoms with Crippen molar-refractivity contribution < 1.29 is 9.84 Å². The second kappa shape index (κ2) is 6.03. The van der Waals surface area contributed by atoms with Crippen LogP contribution in [0.1, 0.15) is 5.56 Å². The predicted molar refractivity (Wildman–Crippen MR) is 75.7 cm³/mol. The maximum atomic E-state index is 9.40. The zero-order chi connectivity index (χ0) is 13.0. The number of phenolic OH excluding ortho intramolecular Hbond substituents is 1. The van der Waals surface area contributed by atoms with Crippen molar-refractivity contribution in [2.45, 2.75) is 10.6 Å². The van der Waals surface area contributed by atoms with Crippen LogP contribution in [-0.2, 0) is 5.75 Å². The van der Waals surface area contributed by atoms with Crippen molar-refractivity contribution in [1.29, 1.82) is 0 Å². The van der Waals surface area contributed by atoms with Crippen LogP contribution in [-0.4, -0.2) is 12.2 Å². The highest BCUT2D eigenvalue weighted by Crippen LogP contribution is 2.31. The number of benzene rings is 2. The number of aromatic hydroxyl groups is 1. The fourth-order valence-corrected chi connectivity index (χ4v) is 2.72. The third-order valence-corrected chi connectivity index (χ3v) is 3.73. The molecule has 0 radical (unpaired) electrons. The van der Waals surface area contributed by atoms with Gasteiger partial charge in [0.2, 0.25) is 0 Å². The number of hydrogen-bond acceptors (Lipinski definition) is 3. The van der Waals surface area contributed by atoms with Crippen LogP contribution in [0.15, 0.2) is 47.4 Å². The summed E-state index contributed by atoms with van der Waals surface area (Å²) in [6, 6.07) is 12.7. The van der Waals surface area contributed by atoms with Gasteiger partial charge in [0.15, 0.2) is 0 Å². The molecule has 0 spiro atoms. The molecule has 0 aliphatic carbocycles. The molecule has 18 heavy (non-hydrogen) atoms. The number of hydrogen-bond donors (Lipinski definition) is 1. The third-order valence-electron chi connectivity index (χ3n) is 2.45. The molecule has 0 heterocycles. The summed E-state index contributed by atoms with van der Waals surface area (Å²) in [6.07, 6.45) is 0. The van der Waals surface area contributed by atoms with Gasteiger partial charge >= 0.3 is 0 Å². The van der Waals surface area contributed by atoms with Crippen molar-refractivity contribution in [3.63, 3.8) is 0 Å². The van der Waals surface area contributed by atoms with E-state index in [1.54, 1.807) is 31.0 Å². The maximum absolute atomic E-state index is 9.40. The van der Waals surface area contributed by atoms with E-state index in [-0.39, 0.29) is 5.75 Å². The molecule has 1 N–H and O–H groups in total. The zero-order valence-electron chi connectivity index (χ0n) is 9.89. The van der Waals surface area contributed by atoms with Crippen LogP contribution in [0.5, 0.6) is 11.5 Å². The predicted octanol–water partition coefficient (Wildman–Crippen LogP) is 4.35. The summed E-state index contributed by atoms with van der Waals surface area (Å²) in [5.74, 6) is 1.85. The molecule has 0 amide bonds. The average molecular weight is 281 g/mol. The second-order valence-corrected chi connectivity index (χ2v) is 5.23. The fraction of sp³-hybridized carbons (Fsp3) is 0.143. The van der Waals surface area contributed by atoms with E-state index < -0.39 is 0 Å². The van der Waals surface area contributed by atoms with E-state index >= 15 is 0 Å². The van der Waals surface area contributed by atoms with Crippen LogP contribution in [0.2, 0.25) is 5.02 Å². The van der Waals surface area contributed by atoms with Crippen molar-refractivity contribution in [2.24, 2.45) is 0 Å². The summed E-state index contributed by atoms with van der Waals surface area (Å²) in [5.41, 5.74) is 1.04. The first kappa shape index (κ1) is 13.1. The third kappa shape index (κ3) is 3.34. The van der Waals surface area contributed by atoms with Crippen molar-refractivity contribution in [3.05, 3.63) is 53.1 Å². The van der Waals surface area contributed by atoms with Crippen molar-refractivity contribution >= 4 is 23.4 Å². The minimum atomic E-state index is 0.276. The van der Waals surface area contributed by atoms with E-state index in [9.17, 15) is 5.11 Å². The van der Waals surface area contributed by atoms with Crippen molar-refractivity contribution in [2.75, 3.05) is 7.11 Å². The van der Waals surface area contributed by atoms with Gasteiger partial charge in [0, 0.05) is 21.2 Å². The molecule has 0 aromatic heterocycles. The Balaban J connectivity index is 2.12. The van der Waals surface area contributed by atoms with Crippen LogP contribution in [0.25, 0.3) is 0 Å². The quantitative estimate of drug-likeness (QED) is 0.845. The van der Waals surface area contributed by atoms with E-state index in [0.29, 0.717) is 5.02 Å². The van der Waals surface area contributed by atoms with Gasteiger partial charge in [-0.25, -0.2) is 0 Å². The number of halogens is 1. The smallest absolute Gasteiger partial charge is 0.123 e. The number of methoxy groups -OCH3 is 1. The van der Waals surface area contributed by atoms with Gasteiger partial charge < -0.3 is 9.84 Å². The second-order valence-electron chi connectivity index (χ2n) is 3.74. The summed E-state index contributed by atoms with van der Waals surface area (Å²) >= 11 is 7.60. The van der Waals surface area contributed by atoms with E-state index in [0.717, 1.165) is 22.0 Å². The summed E-state index contributed by atoms with van der Waals surface area (Å²) in [6.45, 7) is 0.